The number of nitrogens with one attached hydrogen (secondary N) is 1. The first-order valence-electron chi connectivity index (χ1n) is 8.96. The second kappa shape index (κ2) is 10.1. The second-order valence-corrected chi connectivity index (χ2v) is 9.33. The quantitative estimate of drug-likeness (QED) is 0.581. The third-order valence-corrected chi connectivity index (χ3v) is 6.89. The van der Waals surface area contributed by atoms with E-state index in [1.807, 2.05) is 0 Å². The van der Waals surface area contributed by atoms with Crippen molar-refractivity contribution < 1.29 is 36.2 Å². The molecule has 0 unspecified atom stereocenters. The van der Waals surface area contributed by atoms with Gasteiger partial charge in [0.05, 0.1) is 25.7 Å². The van der Waals surface area contributed by atoms with Crippen molar-refractivity contribution in [3.05, 3.63) is 46.5 Å². The Kier molecular flexibility index (Phi) is 8.08. The summed E-state index contributed by atoms with van der Waals surface area (Å²) in [5, 5.41) is 1.57. The van der Waals surface area contributed by atoms with Crippen molar-refractivity contribution >= 4 is 33.0 Å². The molecule has 0 aliphatic heterocycles. The van der Waals surface area contributed by atoms with Crippen molar-refractivity contribution in [2.75, 3.05) is 19.5 Å². The van der Waals surface area contributed by atoms with Gasteiger partial charge in [0.15, 0.2) is 21.3 Å². The first kappa shape index (κ1) is 24.7. The van der Waals surface area contributed by atoms with Gasteiger partial charge < -0.3 is 19.5 Å². The molecule has 2 aromatic carbocycles. The lowest BCUT2D eigenvalue weighted by molar-refractivity contribution is -0.115. The number of amides is 1. The van der Waals surface area contributed by atoms with E-state index in [2.05, 4.69) is 10.1 Å². The highest BCUT2D eigenvalue weighted by Gasteiger charge is 2.29. The van der Waals surface area contributed by atoms with Crippen LogP contribution in [0.4, 0.5) is 14.5 Å². The van der Waals surface area contributed by atoms with Gasteiger partial charge in [-0.1, -0.05) is 17.7 Å². The van der Waals surface area contributed by atoms with Gasteiger partial charge >= 0.3 is 6.61 Å². The highest BCUT2D eigenvalue weighted by Crippen LogP contribution is 2.32. The molecule has 0 bridgehead atoms. The number of aryl methyl sites for hydroxylation is 1. The van der Waals surface area contributed by atoms with Crippen LogP contribution in [0.5, 0.6) is 17.2 Å². The summed E-state index contributed by atoms with van der Waals surface area (Å²) in [7, 11) is -1.32. The number of alkyl halides is 2. The minimum Gasteiger partial charge on any atom is -0.495 e. The minimum atomic E-state index is -3.95. The zero-order valence-corrected chi connectivity index (χ0v) is 18.8. The van der Waals surface area contributed by atoms with E-state index in [0.29, 0.717) is 10.6 Å². The standard InChI is InChI=1S/C20H22ClF2NO6S/c1-11-7-15(17(28-3)9-14(11)21)24-19(25)12(2)31(26,27)10-13-5-6-16(30-20(22)23)18(8-13)29-4/h5-9,12,20H,10H2,1-4H3,(H,24,25)/t12-/m0/s1. The number of halogens is 3. The molecule has 2 rings (SSSR count). The Morgan fingerprint density at radius 3 is 2.32 bits per heavy atom. The third-order valence-electron chi connectivity index (χ3n) is 4.46. The van der Waals surface area contributed by atoms with Gasteiger partial charge in [0.2, 0.25) is 5.91 Å². The van der Waals surface area contributed by atoms with Crippen molar-refractivity contribution in [3.63, 3.8) is 0 Å². The number of benzene rings is 2. The average Bonchev–Trinajstić information content (AvgIpc) is 2.70. The van der Waals surface area contributed by atoms with Gasteiger partial charge in [-0.05, 0) is 43.2 Å². The topological polar surface area (TPSA) is 90.9 Å². The summed E-state index contributed by atoms with van der Waals surface area (Å²) in [6, 6.07) is 6.85. The van der Waals surface area contributed by atoms with E-state index in [-0.39, 0.29) is 28.5 Å². The third kappa shape index (κ3) is 6.20. The molecule has 0 spiro atoms. The molecule has 0 heterocycles. The van der Waals surface area contributed by atoms with Gasteiger partial charge in [-0.25, -0.2) is 8.42 Å². The van der Waals surface area contributed by atoms with Gasteiger partial charge in [-0.15, -0.1) is 0 Å². The lowest BCUT2D eigenvalue weighted by Crippen LogP contribution is -2.33. The highest BCUT2D eigenvalue weighted by atomic mass is 35.5. The molecular weight excluding hydrogens is 456 g/mol. The van der Waals surface area contributed by atoms with Crippen LogP contribution in [0, 0.1) is 6.92 Å². The lowest BCUT2D eigenvalue weighted by Gasteiger charge is -2.17. The molecular formula is C20H22ClF2NO6S. The molecule has 11 heteroatoms. The van der Waals surface area contributed by atoms with Crippen LogP contribution in [0.2, 0.25) is 5.02 Å². The summed E-state index contributed by atoms with van der Waals surface area (Å²) in [5.41, 5.74) is 1.20. The maximum atomic E-state index is 12.8. The fourth-order valence-electron chi connectivity index (χ4n) is 2.68. The van der Waals surface area contributed by atoms with Gasteiger partial charge in [0, 0.05) is 11.1 Å². The molecule has 0 fully saturated rings. The molecule has 1 atom stereocenters. The maximum absolute atomic E-state index is 12.8. The smallest absolute Gasteiger partial charge is 0.387 e. The van der Waals surface area contributed by atoms with Crippen molar-refractivity contribution in [1.29, 1.82) is 0 Å². The maximum Gasteiger partial charge on any atom is 0.387 e. The van der Waals surface area contributed by atoms with Crippen LogP contribution in [-0.4, -0.2) is 40.4 Å². The number of carbonyl (C=O) groups excluding carboxylic acids is 1. The summed E-state index contributed by atoms with van der Waals surface area (Å²) in [6.07, 6.45) is 0. The van der Waals surface area contributed by atoms with E-state index in [4.69, 9.17) is 21.1 Å². The number of rotatable bonds is 9. The Hall–Kier alpha value is -2.59. The summed E-state index contributed by atoms with van der Waals surface area (Å²) in [5.74, 6) is -1.26. The number of hydrogen-bond acceptors (Lipinski definition) is 6. The fraction of sp³-hybridized carbons (Fsp3) is 0.350. The number of methoxy groups -OCH3 is 2. The molecule has 7 nitrogen and oxygen atoms in total. The molecule has 31 heavy (non-hydrogen) atoms. The number of ether oxygens (including phenoxy) is 3. The van der Waals surface area contributed by atoms with Crippen LogP contribution in [-0.2, 0) is 20.4 Å². The SMILES string of the molecule is COc1cc(Cl)c(C)cc1NC(=O)[C@H](C)S(=O)(=O)Cc1ccc(OC(F)F)c(OC)c1. The number of carbonyl (C=O) groups is 1. The van der Waals surface area contributed by atoms with Crippen LogP contribution in [0.1, 0.15) is 18.1 Å². The van der Waals surface area contributed by atoms with Crippen molar-refractivity contribution in [1.82, 2.24) is 0 Å². The van der Waals surface area contributed by atoms with E-state index in [0.717, 1.165) is 0 Å². The number of sulfone groups is 1. The monoisotopic (exact) mass is 477 g/mol. The molecule has 0 saturated carbocycles. The number of hydrogen-bond donors (Lipinski definition) is 1. The molecule has 1 N–H and O–H groups in total. The number of anilines is 1. The molecule has 2 aromatic rings. The summed E-state index contributed by atoms with van der Waals surface area (Å²) >= 11 is 6.04. The van der Waals surface area contributed by atoms with Gasteiger partial charge in [-0.3, -0.25) is 4.79 Å². The van der Waals surface area contributed by atoms with Gasteiger partial charge in [0.1, 0.15) is 11.0 Å². The minimum absolute atomic E-state index is 0.0496. The van der Waals surface area contributed by atoms with Crippen LogP contribution in [0.25, 0.3) is 0 Å². The van der Waals surface area contributed by atoms with Gasteiger partial charge in [-0.2, -0.15) is 8.78 Å². The van der Waals surface area contributed by atoms with E-state index in [1.165, 1.54) is 45.4 Å². The van der Waals surface area contributed by atoms with Crippen LogP contribution < -0.4 is 19.5 Å². The lowest BCUT2D eigenvalue weighted by atomic mass is 10.2. The highest BCUT2D eigenvalue weighted by molar-refractivity contribution is 7.92. The zero-order chi connectivity index (χ0) is 23.3. The van der Waals surface area contributed by atoms with Crippen molar-refractivity contribution in [2.45, 2.75) is 31.5 Å². The Labute approximate surface area is 184 Å². The Bertz CT molecular complexity index is 1060. The molecule has 0 aromatic heterocycles. The Morgan fingerprint density at radius 1 is 1.10 bits per heavy atom. The summed E-state index contributed by atoms with van der Waals surface area (Å²) in [6.45, 7) is -0.0710. The molecule has 170 valence electrons. The first-order chi connectivity index (χ1) is 14.5. The van der Waals surface area contributed by atoms with E-state index in [9.17, 15) is 22.0 Å². The predicted octanol–water partition coefficient (Wildman–Crippen LogP) is 4.21. The molecule has 0 aliphatic carbocycles. The van der Waals surface area contributed by atoms with Crippen LogP contribution >= 0.6 is 11.6 Å². The molecule has 1 amide bonds. The molecule has 0 saturated heterocycles. The average molecular weight is 478 g/mol. The second-order valence-electron chi connectivity index (χ2n) is 6.60. The largest absolute Gasteiger partial charge is 0.495 e. The normalized spacial score (nSPS) is 12.4. The fourth-order valence-corrected chi connectivity index (χ4v) is 4.11. The molecule has 0 radical (unpaired) electrons. The van der Waals surface area contributed by atoms with E-state index in [1.54, 1.807) is 13.0 Å². The van der Waals surface area contributed by atoms with Crippen LogP contribution in [0.3, 0.4) is 0 Å². The van der Waals surface area contributed by atoms with Crippen LogP contribution in [0.15, 0.2) is 30.3 Å². The Balaban J connectivity index is 2.20. The van der Waals surface area contributed by atoms with Crippen molar-refractivity contribution in [2.24, 2.45) is 0 Å². The van der Waals surface area contributed by atoms with E-state index >= 15 is 0 Å². The zero-order valence-electron chi connectivity index (χ0n) is 17.2. The first-order valence-corrected chi connectivity index (χ1v) is 11.1. The molecule has 0 aliphatic rings. The predicted molar refractivity (Wildman–Crippen MR) is 113 cm³/mol. The Morgan fingerprint density at radius 2 is 1.74 bits per heavy atom. The van der Waals surface area contributed by atoms with E-state index < -0.39 is 33.4 Å². The summed E-state index contributed by atoms with van der Waals surface area (Å²) in [4.78, 5) is 12.6. The van der Waals surface area contributed by atoms with Crippen molar-refractivity contribution in [3.8, 4) is 17.2 Å². The summed E-state index contributed by atoms with van der Waals surface area (Å²) < 4.78 is 64.9. The van der Waals surface area contributed by atoms with Gasteiger partial charge in [0.25, 0.3) is 0 Å².